The highest BCUT2D eigenvalue weighted by Gasteiger charge is 2.27. The SMILES string of the molecule is CC/C=C/C/C=C/C/C=C/C/C=C/CCCCC(=O)OC[C@H](COP(=O)(O)OC[C@@H](O)CO)OC(=O)CCCCC/C=C/C/C=C/C/C=C/C/C=C/CCC. The summed E-state index contributed by atoms with van der Waals surface area (Å²) in [5, 5.41) is 18.3. The van der Waals surface area contributed by atoms with Crippen molar-refractivity contribution in [3.63, 3.8) is 0 Å². The molecule has 0 bridgehead atoms. The summed E-state index contributed by atoms with van der Waals surface area (Å²) in [5.74, 6) is -1.02. The van der Waals surface area contributed by atoms with Crippen LogP contribution in [0.4, 0.5) is 0 Å². The molecule has 55 heavy (non-hydrogen) atoms. The Morgan fingerprint density at radius 2 is 1.00 bits per heavy atom. The molecule has 0 heterocycles. The van der Waals surface area contributed by atoms with Gasteiger partial charge >= 0.3 is 19.8 Å². The van der Waals surface area contributed by atoms with Crippen molar-refractivity contribution in [2.75, 3.05) is 26.4 Å². The lowest BCUT2D eigenvalue weighted by atomic mass is 10.1. The number of carbonyl (C=O) groups excluding carboxylic acids is 2. The third-order valence-electron chi connectivity index (χ3n) is 7.70. The van der Waals surface area contributed by atoms with Crippen LogP contribution < -0.4 is 0 Å². The molecule has 0 amide bonds. The highest BCUT2D eigenvalue weighted by atomic mass is 31.2. The molecular weight excluding hydrogens is 719 g/mol. The second-order valence-electron chi connectivity index (χ2n) is 12.9. The molecule has 1 unspecified atom stereocenters. The van der Waals surface area contributed by atoms with Gasteiger partial charge in [-0.1, -0.05) is 124 Å². The molecule has 0 aromatic rings. The molecule has 3 N–H and O–H groups in total. The summed E-state index contributed by atoms with van der Waals surface area (Å²) in [4.78, 5) is 34.9. The van der Waals surface area contributed by atoms with E-state index in [0.717, 1.165) is 83.5 Å². The molecule has 0 aliphatic heterocycles. The van der Waals surface area contributed by atoms with Gasteiger partial charge in [0.05, 0.1) is 19.8 Å². The van der Waals surface area contributed by atoms with Gasteiger partial charge in [-0.05, 0) is 89.9 Å². The Labute approximate surface area is 332 Å². The molecular formula is C44H71O10P. The number of hydrogen-bond acceptors (Lipinski definition) is 9. The number of phosphoric acid groups is 1. The van der Waals surface area contributed by atoms with Crippen molar-refractivity contribution in [3.05, 3.63) is 97.2 Å². The van der Waals surface area contributed by atoms with E-state index in [9.17, 15) is 24.2 Å². The smallest absolute Gasteiger partial charge is 0.462 e. The predicted octanol–water partition coefficient (Wildman–Crippen LogP) is 10.4. The minimum Gasteiger partial charge on any atom is -0.462 e. The quantitative estimate of drug-likeness (QED) is 0.0242. The van der Waals surface area contributed by atoms with E-state index in [0.29, 0.717) is 12.8 Å². The van der Waals surface area contributed by atoms with Gasteiger partial charge in [0.2, 0.25) is 0 Å². The minimum absolute atomic E-state index is 0.131. The van der Waals surface area contributed by atoms with E-state index in [-0.39, 0.29) is 19.4 Å². The maximum atomic E-state index is 12.6. The number of rotatable bonds is 36. The molecule has 0 aliphatic carbocycles. The topological polar surface area (TPSA) is 149 Å². The molecule has 0 aromatic carbocycles. The first kappa shape index (κ1) is 51.9. The van der Waals surface area contributed by atoms with Crippen LogP contribution in [0.15, 0.2) is 97.2 Å². The van der Waals surface area contributed by atoms with E-state index < -0.39 is 51.8 Å². The van der Waals surface area contributed by atoms with Crippen LogP contribution in [0.25, 0.3) is 0 Å². The molecule has 0 radical (unpaired) electrons. The molecule has 0 aromatic heterocycles. The summed E-state index contributed by atoms with van der Waals surface area (Å²) in [6.45, 7) is 2.07. The summed E-state index contributed by atoms with van der Waals surface area (Å²) in [7, 11) is -4.64. The Bertz CT molecular complexity index is 1230. The third-order valence-corrected chi connectivity index (χ3v) is 8.65. The molecule has 312 valence electrons. The predicted molar refractivity (Wildman–Crippen MR) is 223 cm³/mol. The molecule has 0 rings (SSSR count). The minimum atomic E-state index is -4.64. The Morgan fingerprint density at radius 3 is 1.51 bits per heavy atom. The lowest BCUT2D eigenvalue weighted by Gasteiger charge is -2.20. The first-order chi connectivity index (χ1) is 26.7. The molecule has 0 fully saturated rings. The van der Waals surface area contributed by atoms with Gasteiger partial charge in [0, 0.05) is 12.8 Å². The van der Waals surface area contributed by atoms with E-state index in [1.165, 1.54) is 6.42 Å². The van der Waals surface area contributed by atoms with Gasteiger partial charge in [-0.25, -0.2) is 4.57 Å². The van der Waals surface area contributed by atoms with Crippen molar-refractivity contribution >= 4 is 19.8 Å². The molecule has 10 nitrogen and oxygen atoms in total. The van der Waals surface area contributed by atoms with Crippen LogP contribution in [-0.4, -0.2) is 65.7 Å². The summed E-state index contributed by atoms with van der Waals surface area (Å²) < 4.78 is 32.6. The Balaban J connectivity index is 4.50. The Morgan fingerprint density at radius 1 is 0.564 bits per heavy atom. The van der Waals surface area contributed by atoms with E-state index in [1.54, 1.807) is 0 Å². The second kappa shape index (κ2) is 39.1. The van der Waals surface area contributed by atoms with Crippen LogP contribution in [-0.2, 0) is 32.7 Å². The normalized spacial score (nSPS) is 14.9. The monoisotopic (exact) mass is 790 g/mol. The Hall–Kier alpha value is -3.11. The van der Waals surface area contributed by atoms with Crippen LogP contribution >= 0.6 is 7.82 Å². The molecule has 0 saturated carbocycles. The van der Waals surface area contributed by atoms with Crippen LogP contribution in [0.2, 0.25) is 0 Å². The largest absolute Gasteiger partial charge is 0.472 e. The fourth-order valence-electron chi connectivity index (χ4n) is 4.62. The standard InChI is InChI=1S/C44H71O10P/c1-3-5-7-9-11-13-15-17-19-20-22-24-26-28-30-32-34-36-44(48)54-42(40-53-55(49,50)52-38-41(46)37-45)39-51-43(47)35-33-31-29-27-25-23-21-18-16-14-12-10-8-6-4-2/h6-9,12-15,18-21,24-27,41-42,45-46H,3-5,10-11,16-17,22-23,28-40H2,1-2H3,(H,49,50)/b8-6+,9-7+,14-12+,15-13+,20-19+,21-18+,26-24+,27-25+/t41-,42+/m0/s1. The molecule has 0 saturated heterocycles. The number of hydrogen-bond donors (Lipinski definition) is 3. The van der Waals surface area contributed by atoms with Crippen molar-refractivity contribution in [1.29, 1.82) is 0 Å². The maximum absolute atomic E-state index is 12.6. The van der Waals surface area contributed by atoms with E-state index in [1.807, 2.05) is 0 Å². The van der Waals surface area contributed by atoms with Crippen LogP contribution in [0.3, 0.4) is 0 Å². The average molecular weight is 791 g/mol. The van der Waals surface area contributed by atoms with Gasteiger partial charge < -0.3 is 24.6 Å². The van der Waals surface area contributed by atoms with Gasteiger partial charge in [-0.2, -0.15) is 0 Å². The number of aliphatic hydroxyl groups excluding tert-OH is 2. The first-order valence-corrected chi connectivity index (χ1v) is 21.7. The number of allylic oxidation sites excluding steroid dienone is 16. The van der Waals surface area contributed by atoms with Crippen molar-refractivity contribution in [2.45, 2.75) is 142 Å². The number of unbranched alkanes of at least 4 members (excludes halogenated alkanes) is 6. The van der Waals surface area contributed by atoms with Crippen molar-refractivity contribution < 1.29 is 47.8 Å². The van der Waals surface area contributed by atoms with Crippen molar-refractivity contribution in [2.24, 2.45) is 0 Å². The summed E-state index contributed by atoms with van der Waals surface area (Å²) in [6.07, 6.45) is 46.6. The van der Waals surface area contributed by atoms with E-state index in [4.69, 9.17) is 19.1 Å². The zero-order valence-corrected chi connectivity index (χ0v) is 34.5. The maximum Gasteiger partial charge on any atom is 0.472 e. The van der Waals surface area contributed by atoms with Crippen molar-refractivity contribution in [1.82, 2.24) is 0 Å². The molecule has 3 atom stereocenters. The van der Waals surface area contributed by atoms with Crippen LogP contribution in [0.1, 0.15) is 129 Å². The number of ether oxygens (including phenoxy) is 2. The Kier molecular flexibility index (Phi) is 36.9. The molecule has 0 spiro atoms. The molecule has 11 heteroatoms. The summed E-state index contributed by atoms with van der Waals surface area (Å²) in [5.41, 5.74) is 0. The van der Waals surface area contributed by atoms with Crippen molar-refractivity contribution in [3.8, 4) is 0 Å². The lowest BCUT2D eigenvalue weighted by Crippen LogP contribution is -2.29. The number of esters is 2. The van der Waals surface area contributed by atoms with Gasteiger partial charge in [0.1, 0.15) is 12.7 Å². The fraction of sp³-hybridized carbons (Fsp3) is 0.591. The zero-order chi connectivity index (χ0) is 40.5. The first-order valence-electron chi connectivity index (χ1n) is 20.2. The number of carbonyl (C=O) groups is 2. The third kappa shape index (κ3) is 38.9. The highest BCUT2D eigenvalue weighted by molar-refractivity contribution is 7.47. The zero-order valence-electron chi connectivity index (χ0n) is 33.6. The van der Waals surface area contributed by atoms with Gasteiger partial charge in [0.15, 0.2) is 6.10 Å². The molecule has 0 aliphatic rings. The number of aliphatic hydroxyl groups is 2. The summed E-state index contributed by atoms with van der Waals surface area (Å²) in [6, 6.07) is 0. The van der Waals surface area contributed by atoms with Crippen LogP contribution in [0, 0.1) is 0 Å². The highest BCUT2D eigenvalue weighted by Crippen LogP contribution is 2.43. The van der Waals surface area contributed by atoms with Crippen LogP contribution in [0.5, 0.6) is 0 Å². The summed E-state index contributed by atoms with van der Waals surface area (Å²) >= 11 is 0. The van der Waals surface area contributed by atoms with Gasteiger partial charge in [0.25, 0.3) is 0 Å². The second-order valence-corrected chi connectivity index (χ2v) is 14.4. The van der Waals surface area contributed by atoms with E-state index >= 15 is 0 Å². The van der Waals surface area contributed by atoms with E-state index in [2.05, 4.69) is 116 Å². The lowest BCUT2D eigenvalue weighted by molar-refractivity contribution is -0.161. The van der Waals surface area contributed by atoms with Gasteiger partial charge in [-0.3, -0.25) is 18.6 Å². The number of phosphoric ester groups is 1. The average Bonchev–Trinajstić information content (AvgIpc) is 3.17. The van der Waals surface area contributed by atoms with Gasteiger partial charge in [-0.15, -0.1) is 0 Å². The fourth-order valence-corrected chi connectivity index (χ4v) is 5.41.